The van der Waals surface area contributed by atoms with Crippen molar-refractivity contribution in [1.82, 2.24) is 9.62 Å². The van der Waals surface area contributed by atoms with Crippen molar-refractivity contribution in [3.8, 4) is 5.75 Å². The molecule has 0 aromatic heterocycles. The van der Waals surface area contributed by atoms with Gasteiger partial charge in [-0.15, -0.1) is 0 Å². The Balaban J connectivity index is 1.55. The number of halogens is 3. The molecule has 2 N–H and O–H groups in total. The number of amides is 3. The van der Waals surface area contributed by atoms with Crippen LogP contribution < -0.4 is 15.4 Å². The molecule has 2 heterocycles. The van der Waals surface area contributed by atoms with Gasteiger partial charge in [-0.05, 0) is 18.2 Å². The molecule has 0 unspecified atom stereocenters. The summed E-state index contributed by atoms with van der Waals surface area (Å²) in [6.45, 7) is -1.13. The Kier molecular flexibility index (Phi) is 4.37. The number of nitrogens with zero attached hydrogens (tertiary/aromatic N) is 1. The van der Waals surface area contributed by atoms with Crippen molar-refractivity contribution in [2.75, 3.05) is 18.5 Å². The lowest BCUT2D eigenvalue weighted by atomic mass is 10.1. The average molecular weight is 427 g/mol. The summed E-state index contributed by atoms with van der Waals surface area (Å²) >= 11 is 0. The molecule has 3 amide bonds. The van der Waals surface area contributed by atoms with Gasteiger partial charge in [0.2, 0.25) is 5.91 Å². The van der Waals surface area contributed by atoms with Gasteiger partial charge in [0.25, 0.3) is 10.0 Å². The number of hydrogen-bond donors (Lipinski definition) is 2. The molecule has 1 atom stereocenters. The van der Waals surface area contributed by atoms with Crippen LogP contribution in [0.25, 0.3) is 0 Å². The predicted octanol–water partition coefficient (Wildman–Crippen LogP) is 1.89. The predicted molar refractivity (Wildman–Crippen MR) is 92.0 cm³/mol. The number of sulfonamides is 1. The minimum atomic E-state index is -4.49. The number of carbonyl (C=O) groups is 2. The first kappa shape index (κ1) is 19.1. The number of benzene rings is 2. The van der Waals surface area contributed by atoms with Crippen LogP contribution in [0.1, 0.15) is 11.6 Å². The quantitative estimate of drug-likeness (QED) is 0.779. The van der Waals surface area contributed by atoms with Gasteiger partial charge in [0.15, 0.2) is 0 Å². The number of urea groups is 1. The number of nitrogens with one attached hydrogen (secondary N) is 2. The monoisotopic (exact) mass is 427 g/mol. The van der Waals surface area contributed by atoms with Gasteiger partial charge in [0, 0.05) is 12.1 Å². The number of anilines is 1. The summed E-state index contributed by atoms with van der Waals surface area (Å²) < 4.78 is 71.3. The van der Waals surface area contributed by atoms with Crippen molar-refractivity contribution in [3.63, 3.8) is 0 Å². The third kappa shape index (κ3) is 3.24. The SMILES string of the molecule is O=C(CN1C(=O)Nc2ccc(F)cc2S1(=O)=O)N[C@@H]1COc2cc(F)cc(F)c21. The van der Waals surface area contributed by atoms with Crippen molar-refractivity contribution >= 4 is 27.6 Å². The Morgan fingerprint density at radius 1 is 1.21 bits per heavy atom. The second-order valence-electron chi connectivity index (χ2n) is 6.31. The van der Waals surface area contributed by atoms with E-state index in [-0.39, 0.29) is 27.9 Å². The van der Waals surface area contributed by atoms with Gasteiger partial charge in [0.1, 0.15) is 41.2 Å². The first-order valence-electron chi connectivity index (χ1n) is 8.21. The van der Waals surface area contributed by atoms with Crippen LogP contribution in [0.5, 0.6) is 5.75 Å². The Hall–Kier alpha value is -3.28. The summed E-state index contributed by atoms with van der Waals surface area (Å²) in [5.41, 5.74) is -0.201. The zero-order valence-electron chi connectivity index (χ0n) is 14.4. The molecule has 0 saturated heterocycles. The Morgan fingerprint density at radius 3 is 2.72 bits per heavy atom. The Morgan fingerprint density at radius 2 is 1.97 bits per heavy atom. The smallest absolute Gasteiger partial charge is 0.336 e. The minimum Gasteiger partial charge on any atom is -0.490 e. The summed E-state index contributed by atoms with van der Waals surface area (Å²) in [6.07, 6.45) is 0. The molecule has 152 valence electrons. The zero-order valence-corrected chi connectivity index (χ0v) is 15.2. The molecule has 0 spiro atoms. The summed E-state index contributed by atoms with van der Waals surface area (Å²) in [4.78, 5) is 24.0. The van der Waals surface area contributed by atoms with E-state index >= 15 is 0 Å². The largest absolute Gasteiger partial charge is 0.490 e. The molecule has 8 nitrogen and oxygen atoms in total. The molecular formula is C17H12F3N3O5S. The van der Waals surface area contributed by atoms with E-state index in [0.717, 1.165) is 24.3 Å². The maximum absolute atomic E-state index is 14.0. The van der Waals surface area contributed by atoms with E-state index in [1.54, 1.807) is 0 Å². The van der Waals surface area contributed by atoms with Gasteiger partial charge >= 0.3 is 6.03 Å². The fourth-order valence-corrected chi connectivity index (χ4v) is 4.58. The highest BCUT2D eigenvalue weighted by atomic mass is 32.2. The van der Waals surface area contributed by atoms with Crippen molar-refractivity contribution < 1.29 is 35.9 Å². The lowest BCUT2D eigenvalue weighted by Crippen LogP contribution is -2.49. The van der Waals surface area contributed by atoms with Crippen LogP contribution in [0.4, 0.5) is 23.7 Å². The van der Waals surface area contributed by atoms with Gasteiger partial charge in [0.05, 0.1) is 17.3 Å². The van der Waals surface area contributed by atoms with Crippen LogP contribution in [0, 0.1) is 17.5 Å². The van der Waals surface area contributed by atoms with Crippen LogP contribution in [0.15, 0.2) is 35.2 Å². The third-order valence-corrected chi connectivity index (χ3v) is 6.18. The Labute approximate surface area is 162 Å². The van der Waals surface area contributed by atoms with Crippen molar-refractivity contribution in [1.29, 1.82) is 0 Å². The van der Waals surface area contributed by atoms with Crippen LogP contribution in [-0.2, 0) is 14.8 Å². The maximum atomic E-state index is 14.0. The number of ether oxygens (including phenoxy) is 1. The molecule has 0 radical (unpaired) electrons. The van der Waals surface area contributed by atoms with Gasteiger partial charge in [-0.1, -0.05) is 0 Å². The van der Waals surface area contributed by atoms with Crippen LogP contribution in [0.2, 0.25) is 0 Å². The van der Waals surface area contributed by atoms with Crippen LogP contribution in [0.3, 0.4) is 0 Å². The highest BCUT2D eigenvalue weighted by molar-refractivity contribution is 7.90. The summed E-state index contributed by atoms with van der Waals surface area (Å²) in [5.74, 6) is -3.64. The first-order valence-corrected chi connectivity index (χ1v) is 9.65. The lowest BCUT2D eigenvalue weighted by Gasteiger charge is -2.28. The molecule has 0 aliphatic carbocycles. The molecule has 2 aliphatic rings. The van der Waals surface area contributed by atoms with Gasteiger partial charge in [-0.3, -0.25) is 4.79 Å². The average Bonchev–Trinajstić information content (AvgIpc) is 3.02. The third-order valence-electron chi connectivity index (χ3n) is 4.41. The van der Waals surface area contributed by atoms with E-state index in [1.807, 2.05) is 0 Å². The first-order chi connectivity index (χ1) is 13.7. The molecule has 2 aliphatic heterocycles. The van der Waals surface area contributed by atoms with Gasteiger partial charge in [-0.25, -0.2) is 30.7 Å². The molecule has 2 aromatic carbocycles. The van der Waals surface area contributed by atoms with Crippen LogP contribution in [-0.4, -0.2) is 37.8 Å². The number of fused-ring (bicyclic) bond motifs is 2. The van der Waals surface area contributed by atoms with Crippen molar-refractivity contribution in [2.24, 2.45) is 0 Å². The van der Waals surface area contributed by atoms with Crippen molar-refractivity contribution in [2.45, 2.75) is 10.9 Å². The molecule has 4 rings (SSSR count). The minimum absolute atomic E-state index is 0.0828. The van der Waals surface area contributed by atoms with Gasteiger partial charge < -0.3 is 15.4 Å². The van der Waals surface area contributed by atoms with E-state index in [1.165, 1.54) is 0 Å². The summed E-state index contributed by atoms with van der Waals surface area (Å²) in [7, 11) is -4.49. The maximum Gasteiger partial charge on any atom is 0.336 e. The summed E-state index contributed by atoms with van der Waals surface area (Å²) in [5, 5.41) is 4.61. The van der Waals surface area contributed by atoms with Crippen LogP contribution >= 0.6 is 0 Å². The Bertz CT molecular complexity index is 1160. The molecule has 0 fully saturated rings. The van der Waals surface area contributed by atoms with E-state index in [2.05, 4.69) is 10.6 Å². The fourth-order valence-electron chi connectivity index (χ4n) is 3.13. The molecule has 2 aromatic rings. The lowest BCUT2D eigenvalue weighted by molar-refractivity contribution is -0.121. The summed E-state index contributed by atoms with van der Waals surface area (Å²) in [6, 6.07) is 2.27. The second-order valence-corrected chi connectivity index (χ2v) is 8.14. The normalized spacial score (nSPS) is 19.1. The molecule has 29 heavy (non-hydrogen) atoms. The van der Waals surface area contributed by atoms with Gasteiger partial charge in [-0.2, -0.15) is 0 Å². The number of carbonyl (C=O) groups excluding carboxylic acids is 2. The fraction of sp³-hybridized carbons (Fsp3) is 0.176. The standard InChI is InChI=1S/C17H12F3N3O5S/c18-8-1-2-11-14(5-8)29(26,27)23(17(25)22-11)6-15(24)21-12-7-28-13-4-9(19)3-10(20)16(12)13/h1-5,12H,6-7H2,(H,21,24)(H,22,25)/t12-/m1/s1. The highest BCUT2D eigenvalue weighted by Gasteiger charge is 2.39. The van der Waals surface area contributed by atoms with E-state index < -0.39 is 56.9 Å². The molecule has 12 heteroatoms. The van der Waals surface area contributed by atoms with Crippen molar-refractivity contribution in [3.05, 3.63) is 53.3 Å². The number of hydrogen-bond acceptors (Lipinski definition) is 5. The zero-order chi connectivity index (χ0) is 20.9. The molecule has 0 bridgehead atoms. The second kappa shape index (κ2) is 6.65. The topological polar surface area (TPSA) is 105 Å². The van der Waals surface area contributed by atoms with E-state index in [4.69, 9.17) is 4.74 Å². The van der Waals surface area contributed by atoms with E-state index in [0.29, 0.717) is 6.07 Å². The molecular weight excluding hydrogens is 415 g/mol. The molecule has 0 saturated carbocycles. The van der Waals surface area contributed by atoms with E-state index in [9.17, 15) is 31.2 Å². The highest BCUT2D eigenvalue weighted by Crippen LogP contribution is 2.35. The number of rotatable bonds is 3.